The van der Waals surface area contributed by atoms with Gasteiger partial charge in [0.25, 0.3) is 5.91 Å². The molecule has 40 heavy (non-hydrogen) atoms. The van der Waals surface area contributed by atoms with Gasteiger partial charge in [0.15, 0.2) is 0 Å². The topological polar surface area (TPSA) is 105 Å². The van der Waals surface area contributed by atoms with Crippen LogP contribution < -0.4 is 5.32 Å². The van der Waals surface area contributed by atoms with Crippen molar-refractivity contribution in [2.45, 2.75) is 78.6 Å². The van der Waals surface area contributed by atoms with Crippen molar-refractivity contribution in [2.24, 2.45) is 5.41 Å². The first-order valence-corrected chi connectivity index (χ1v) is 13.6. The van der Waals surface area contributed by atoms with E-state index in [1.807, 2.05) is 58.0 Å². The zero-order valence-corrected chi connectivity index (χ0v) is 23.8. The van der Waals surface area contributed by atoms with Gasteiger partial charge in [-0.15, -0.1) is 0 Å². The van der Waals surface area contributed by atoms with Crippen molar-refractivity contribution in [1.82, 2.24) is 19.8 Å². The molecule has 0 radical (unpaired) electrons. The molecule has 0 saturated heterocycles. The van der Waals surface area contributed by atoms with Gasteiger partial charge >= 0.3 is 6.09 Å². The van der Waals surface area contributed by atoms with Crippen molar-refractivity contribution >= 4 is 17.8 Å². The van der Waals surface area contributed by atoms with E-state index in [0.717, 1.165) is 22.4 Å². The number of hydrogen-bond acceptors (Lipinski definition) is 4. The van der Waals surface area contributed by atoms with Crippen molar-refractivity contribution in [1.29, 1.82) is 0 Å². The number of carboxylic acid groups (broad SMARTS) is 1. The van der Waals surface area contributed by atoms with Gasteiger partial charge in [0, 0.05) is 18.3 Å². The maximum Gasteiger partial charge on any atom is 0.408 e. The molecule has 1 aromatic heterocycles. The van der Waals surface area contributed by atoms with Crippen LogP contribution in [0.1, 0.15) is 65.5 Å². The highest BCUT2D eigenvalue weighted by Gasteiger charge is 2.42. The van der Waals surface area contributed by atoms with Crippen LogP contribution in [0.15, 0.2) is 67.1 Å². The van der Waals surface area contributed by atoms with E-state index < -0.39 is 41.3 Å². The third-order valence-electron chi connectivity index (χ3n) is 7.05. The Labute approximate surface area is 235 Å². The maximum atomic E-state index is 13.6. The van der Waals surface area contributed by atoms with Gasteiger partial charge in [-0.3, -0.25) is 14.5 Å². The molecule has 0 unspecified atom stereocenters. The van der Waals surface area contributed by atoms with E-state index in [4.69, 9.17) is 0 Å². The van der Waals surface area contributed by atoms with Gasteiger partial charge in [0.05, 0.1) is 24.1 Å². The minimum atomic E-state index is -1.27. The van der Waals surface area contributed by atoms with Crippen LogP contribution >= 0.6 is 0 Å². The maximum absolute atomic E-state index is 13.6. The van der Waals surface area contributed by atoms with Crippen molar-refractivity contribution in [3.8, 4) is 11.3 Å². The minimum Gasteiger partial charge on any atom is -0.465 e. The first-order valence-electron chi connectivity index (χ1n) is 13.6. The van der Waals surface area contributed by atoms with Gasteiger partial charge in [-0.05, 0) is 48.6 Å². The molecule has 2 N–H and O–H groups in total. The Bertz CT molecular complexity index is 1280. The van der Waals surface area contributed by atoms with Crippen molar-refractivity contribution in [3.63, 3.8) is 0 Å². The summed E-state index contributed by atoms with van der Waals surface area (Å²) in [7, 11) is 0. The first-order chi connectivity index (χ1) is 18.9. The molecule has 0 spiro atoms. The highest BCUT2D eigenvalue weighted by molar-refractivity contribution is 6.38. The van der Waals surface area contributed by atoms with Crippen LogP contribution in [0.3, 0.4) is 0 Å². The molecule has 2 amide bonds. The highest BCUT2D eigenvalue weighted by atomic mass is 19.1. The lowest BCUT2D eigenvalue weighted by Gasteiger charge is -2.42. The number of unbranched alkanes of at least 4 members (excludes halogenated alkanes) is 1. The fourth-order valence-corrected chi connectivity index (χ4v) is 4.73. The number of ketones is 1. The van der Waals surface area contributed by atoms with Gasteiger partial charge in [0.1, 0.15) is 11.9 Å². The number of nitrogens with one attached hydrogen (secondary N) is 1. The second-order valence-electron chi connectivity index (χ2n) is 11.2. The van der Waals surface area contributed by atoms with E-state index in [2.05, 4.69) is 10.3 Å². The SMILES string of the molecule is CCCC[C@@H](C(=O)C(=O)N[C@H](C)c1ccccc1)N(C(=O)O)[C@H](Cn1cnc(-c2ccc(F)cc2)c1)C(C)(C)C. The summed E-state index contributed by atoms with van der Waals surface area (Å²) in [5, 5.41) is 13.2. The zero-order chi connectivity index (χ0) is 29.4. The third kappa shape index (κ3) is 7.77. The van der Waals surface area contributed by atoms with Crippen LogP contribution in [0.5, 0.6) is 0 Å². The van der Waals surface area contributed by atoms with Gasteiger partial charge < -0.3 is 15.0 Å². The largest absolute Gasteiger partial charge is 0.465 e. The number of Topliss-reactive ketones (excluding diaryl/α,β-unsaturated/α-hetero) is 1. The van der Waals surface area contributed by atoms with Crippen LogP contribution in [0.2, 0.25) is 0 Å². The fraction of sp³-hybridized carbons (Fsp3) is 0.419. The summed E-state index contributed by atoms with van der Waals surface area (Å²) >= 11 is 0. The summed E-state index contributed by atoms with van der Waals surface area (Å²) in [6.45, 7) is 9.67. The molecule has 1 heterocycles. The highest BCUT2D eigenvalue weighted by Crippen LogP contribution is 2.30. The molecule has 0 bridgehead atoms. The molecular weight excluding hydrogens is 511 g/mol. The molecule has 3 rings (SSSR count). The molecule has 8 nitrogen and oxygen atoms in total. The Hall–Kier alpha value is -4.01. The summed E-state index contributed by atoms with van der Waals surface area (Å²) in [5.41, 5.74) is 1.59. The number of aromatic nitrogens is 2. The van der Waals surface area contributed by atoms with E-state index in [9.17, 15) is 23.9 Å². The number of nitrogens with zero attached hydrogens (tertiary/aromatic N) is 3. The first kappa shape index (κ1) is 30.5. The number of amides is 2. The number of hydrogen-bond donors (Lipinski definition) is 2. The summed E-state index contributed by atoms with van der Waals surface area (Å²) in [6, 6.07) is 13.0. The molecular formula is C31H39FN4O4. The van der Waals surface area contributed by atoms with E-state index in [-0.39, 0.29) is 18.8 Å². The molecule has 3 aromatic rings. The Balaban J connectivity index is 1.90. The lowest BCUT2D eigenvalue weighted by atomic mass is 9.84. The second-order valence-corrected chi connectivity index (χ2v) is 11.2. The summed E-state index contributed by atoms with van der Waals surface area (Å²) in [4.78, 5) is 45.1. The van der Waals surface area contributed by atoms with E-state index in [1.54, 1.807) is 36.1 Å². The second kappa shape index (κ2) is 13.4. The van der Waals surface area contributed by atoms with Crippen molar-refractivity contribution in [2.75, 3.05) is 0 Å². The molecule has 2 aromatic carbocycles. The molecule has 0 saturated carbocycles. The molecule has 0 aliphatic rings. The molecule has 0 aliphatic carbocycles. The molecule has 0 aliphatic heterocycles. The van der Waals surface area contributed by atoms with Gasteiger partial charge in [-0.25, -0.2) is 14.2 Å². The van der Waals surface area contributed by atoms with Gasteiger partial charge in [0.2, 0.25) is 5.78 Å². The predicted octanol–water partition coefficient (Wildman–Crippen LogP) is 6.09. The van der Waals surface area contributed by atoms with E-state index in [1.165, 1.54) is 12.1 Å². The zero-order valence-electron chi connectivity index (χ0n) is 23.8. The minimum absolute atomic E-state index is 0.210. The number of halogens is 1. The van der Waals surface area contributed by atoms with Crippen LogP contribution in [-0.4, -0.2) is 49.4 Å². The standard InChI is InChI=1S/C31H39FN4O4/c1-6-7-13-26(28(37)29(38)34-21(2)22-11-9-8-10-12-22)36(30(39)40)27(31(3,4)5)19-35-18-25(33-20-35)23-14-16-24(32)17-15-23/h8-12,14-18,20-21,26-27H,6-7,13,19H2,1-5H3,(H,34,38)(H,39,40)/t21-,26+,27-/m1/s1. The lowest BCUT2D eigenvalue weighted by molar-refractivity contribution is -0.142. The smallest absolute Gasteiger partial charge is 0.408 e. The predicted molar refractivity (Wildman–Crippen MR) is 152 cm³/mol. The quantitative estimate of drug-likeness (QED) is 0.266. The molecule has 3 atom stereocenters. The Morgan fingerprint density at radius 2 is 1.73 bits per heavy atom. The van der Waals surface area contributed by atoms with E-state index >= 15 is 0 Å². The number of carbonyl (C=O) groups excluding carboxylic acids is 2. The molecule has 9 heteroatoms. The monoisotopic (exact) mass is 550 g/mol. The Morgan fingerprint density at radius 3 is 2.30 bits per heavy atom. The fourth-order valence-electron chi connectivity index (χ4n) is 4.73. The molecule has 0 fully saturated rings. The van der Waals surface area contributed by atoms with Crippen LogP contribution in [0.4, 0.5) is 9.18 Å². The third-order valence-corrected chi connectivity index (χ3v) is 7.05. The summed E-state index contributed by atoms with van der Waals surface area (Å²) in [6.07, 6.45) is 3.64. The number of rotatable bonds is 12. The molecule has 214 valence electrons. The Kier molecular flexibility index (Phi) is 10.2. The average molecular weight is 551 g/mol. The van der Waals surface area contributed by atoms with Crippen LogP contribution in [0, 0.1) is 11.2 Å². The lowest BCUT2D eigenvalue weighted by Crippen LogP contribution is -2.58. The van der Waals surface area contributed by atoms with Crippen molar-refractivity contribution < 1.29 is 23.9 Å². The Morgan fingerprint density at radius 1 is 1.07 bits per heavy atom. The average Bonchev–Trinajstić information content (AvgIpc) is 3.38. The number of benzene rings is 2. The number of carbonyl (C=O) groups is 3. The van der Waals surface area contributed by atoms with Crippen LogP contribution in [0.25, 0.3) is 11.3 Å². The van der Waals surface area contributed by atoms with Gasteiger partial charge in [-0.1, -0.05) is 70.9 Å². The van der Waals surface area contributed by atoms with Gasteiger partial charge in [-0.2, -0.15) is 0 Å². The normalized spacial score (nSPS) is 13.8. The summed E-state index contributed by atoms with van der Waals surface area (Å²) < 4.78 is 15.1. The number of imidazole rings is 1. The van der Waals surface area contributed by atoms with E-state index in [0.29, 0.717) is 12.1 Å². The van der Waals surface area contributed by atoms with Crippen LogP contribution in [-0.2, 0) is 16.1 Å². The van der Waals surface area contributed by atoms with Crippen molar-refractivity contribution in [3.05, 3.63) is 78.5 Å². The summed E-state index contributed by atoms with van der Waals surface area (Å²) in [5.74, 6) is -1.93.